The predicted octanol–water partition coefficient (Wildman–Crippen LogP) is 3.61. The van der Waals surface area contributed by atoms with Crippen LogP contribution in [-0.4, -0.2) is 30.7 Å². The maximum atomic E-state index is 13.0. The fourth-order valence-corrected chi connectivity index (χ4v) is 2.67. The molecular formula is C20H22FN5O2. The van der Waals surface area contributed by atoms with Crippen LogP contribution in [0, 0.1) is 5.82 Å². The zero-order valence-corrected chi connectivity index (χ0v) is 15.7. The van der Waals surface area contributed by atoms with E-state index in [1.165, 1.54) is 18.5 Å². The van der Waals surface area contributed by atoms with Gasteiger partial charge in [0, 0.05) is 12.2 Å². The Morgan fingerprint density at radius 2 is 1.68 bits per heavy atom. The molecule has 1 heterocycles. The first-order chi connectivity index (χ1) is 13.6. The number of benzene rings is 2. The second-order valence-corrected chi connectivity index (χ2v) is 5.98. The number of nitrogens with two attached hydrogens (primary N) is 1. The van der Waals surface area contributed by atoms with Crippen molar-refractivity contribution < 1.29 is 13.9 Å². The van der Waals surface area contributed by atoms with Crippen LogP contribution >= 0.6 is 0 Å². The average Bonchev–Trinajstić information content (AvgIpc) is 2.72. The summed E-state index contributed by atoms with van der Waals surface area (Å²) in [7, 11) is 3.21. The zero-order chi connectivity index (χ0) is 19.9. The molecule has 0 saturated heterocycles. The van der Waals surface area contributed by atoms with Crippen molar-refractivity contribution in [1.82, 2.24) is 9.97 Å². The van der Waals surface area contributed by atoms with Crippen molar-refractivity contribution in [3.8, 4) is 11.5 Å². The van der Waals surface area contributed by atoms with E-state index >= 15 is 0 Å². The third-order valence-corrected chi connectivity index (χ3v) is 4.14. The van der Waals surface area contributed by atoms with Crippen molar-refractivity contribution in [3.63, 3.8) is 0 Å². The number of nitrogen functional groups attached to an aromatic ring is 1. The molecule has 8 heteroatoms. The quantitative estimate of drug-likeness (QED) is 0.547. The molecule has 0 aliphatic carbocycles. The van der Waals surface area contributed by atoms with Gasteiger partial charge >= 0.3 is 0 Å². The molecule has 146 valence electrons. The smallest absolute Gasteiger partial charge is 0.160 e. The lowest BCUT2D eigenvalue weighted by Crippen LogP contribution is -2.10. The van der Waals surface area contributed by atoms with Crippen LogP contribution in [0.1, 0.15) is 5.56 Å². The zero-order valence-electron chi connectivity index (χ0n) is 15.7. The van der Waals surface area contributed by atoms with E-state index in [0.717, 1.165) is 12.0 Å². The Balaban J connectivity index is 1.64. The SMILES string of the molecule is COc1ccc(CCNc2ncnc(Nc3ccc(F)cc3)c2N)cc1OC. The molecule has 7 nitrogen and oxygen atoms in total. The molecule has 2 aromatic carbocycles. The summed E-state index contributed by atoms with van der Waals surface area (Å²) >= 11 is 0. The maximum Gasteiger partial charge on any atom is 0.160 e. The summed E-state index contributed by atoms with van der Waals surface area (Å²) in [6.45, 7) is 0.618. The molecule has 0 atom stereocenters. The molecular weight excluding hydrogens is 361 g/mol. The van der Waals surface area contributed by atoms with E-state index in [9.17, 15) is 4.39 Å². The van der Waals surface area contributed by atoms with Crippen molar-refractivity contribution >= 4 is 23.0 Å². The summed E-state index contributed by atoms with van der Waals surface area (Å²) in [6.07, 6.45) is 2.16. The van der Waals surface area contributed by atoms with Crippen LogP contribution in [-0.2, 0) is 6.42 Å². The second-order valence-electron chi connectivity index (χ2n) is 5.98. The second kappa shape index (κ2) is 8.90. The van der Waals surface area contributed by atoms with Crippen molar-refractivity contribution in [1.29, 1.82) is 0 Å². The van der Waals surface area contributed by atoms with Crippen molar-refractivity contribution in [2.75, 3.05) is 37.1 Å². The minimum Gasteiger partial charge on any atom is -0.493 e. The Morgan fingerprint density at radius 1 is 0.964 bits per heavy atom. The number of ether oxygens (including phenoxy) is 2. The van der Waals surface area contributed by atoms with Gasteiger partial charge < -0.3 is 25.8 Å². The summed E-state index contributed by atoms with van der Waals surface area (Å²) in [5, 5.41) is 6.28. The van der Waals surface area contributed by atoms with Crippen LogP contribution in [0.15, 0.2) is 48.8 Å². The highest BCUT2D eigenvalue weighted by Crippen LogP contribution is 2.28. The first-order valence-corrected chi connectivity index (χ1v) is 8.68. The lowest BCUT2D eigenvalue weighted by molar-refractivity contribution is 0.354. The number of hydrogen-bond acceptors (Lipinski definition) is 7. The van der Waals surface area contributed by atoms with E-state index in [-0.39, 0.29) is 5.82 Å². The van der Waals surface area contributed by atoms with Gasteiger partial charge in [0.2, 0.25) is 0 Å². The Kier molecular flexibility index (Phi) is 6.11. The van der Waals surface area contributed by atoms with Gasteiger partial charge in [0.15, 0.2) is 23.1 Å². The highest BCUT2D eigenvalue weighted by Gasteiger charge is 2.09. The van der Waals surface area contributed by atoms with Gasteiger partial charge in [-0.05, 0) is 48.4 Å². The highest BCUT2D eigenvalue weighted by molar-refractivity contribution is 5.77. The number of aromatic nitrogens is 2. The minimum absolute atomic E-state index is 0.307. The largest absolute Gasteiger partial charge is 0.493 e. The van der Waals surface area contributed by atoms with E-state index in [2.05, 4.69) is 20.6 Å². The third kappa shape index (κ3) is 4.59. The van der Waals surface area contributed by atoms with Crippen LogP contribution in [0.4, 0.5) is 27.4 Å². The number of nitrogens with zero attached hydrogens (tertiary/aromatic N) is 2. The molecule has 3 aromatic rings. The Labute approximate surface area is 162 Å². The molecule has 0 spiro atoms. The number of nitrogens with one attached hydrogen (secondary N) is 2. The standard InChI is InChI=1S/C20H22FN5O2/c1-27-16-8-3-13(11-17(16)28-2)9-10-23-19-18(22)20(25-12-24-19)26-15-6-4-14(21)5-7-15/h3-8,11-12H,9-10,22H2,1-2H3,(H2,23,24,25,26). The van der Waals surface area contributed by atoms with Crippen molar-refractivity contribution in [3.05, 3.63) is 60.2 Å². The monoisotopic (exact) mass is 383 g/mol. The first-order valence-electron chi connectivity index (χ1n) is 8.68. The Hall–Kier alpha value is -3.55. The fourth-order valence-electron chi connectivity index (χ4n) is 2.67. The van der Waals surface area contributed by atoms with E-state index in [4.69, 9.17) is 15.2 Å². The molecule has 28 heavy (non-hydrogen) atoms. The summed E-state index contributed by atoms with van der Waals surface area (Å²) in [4.78, 5) is 8.35. The van der Waals surface area contributed by atoms with Crippen molar-refractivity contribution in [2.45, 2.75) is 6.42 Å². The fraction of sp³-hybridized carbons (Fsp3) is 0.200. The summed E-state index contributed by atoms with van der Waals surface area (Å²) in [6, 6.07) is 11.7. The van der Waals surface area contributed by atoms with Gasteiger partial charge in [-0.3, -0.25) is 0 Å². The number of halogens is 1. The molecule has 0 fully saturated rings. The van der Waals surface area contributed by atoms with Crippen LogP contribution in [0.5, 0.6) is 11.5 Å². The molecule has 0 aliphatic rings. The van der Waals surface area contributed by atoms with Gasteiger partial charge in [0.25, 0.3) is 0 Å². The predicted molar refractivity (Wildman–Crippen MR) is 108 cm³/mol. The van der Waals surface area contributed by atoms with Crippen LogP contribution in [0.25, 0.3) is 0 Å². The molecule has 0 amide bonds. The minimum atomic E-state index is -0.307. The molecule has 0 bridgehead atoms. The van der Waals surface area contributed by atoms with E-state index in [0.29, 0.717) is 41.1 Å². The Bertz CT molecular complexity index is 934. The normalized spacial score (nSPS) is 10.4. The molecule has 0 unspecified atom stereocenters. The van der Waals surface area contributed by atoms with Gasteiger partial charge in [0.05, 0.1) is 14.2 Å². The molecule has 0 radical (unpaired) electrons. The van der Waals surface area contributed by atoms with Gasteiger partial charge in [-0.25, -0.2) is 14.4 Å². The van der Waals surface area contributed by atoms with E-state index < -0.39 is 0 Å². The van der Waals surface area contributed by atoms with Crippen LogP contribution in [0.2, 0.25) is 0 Å². The van der Waals surface area contributed by atoms with Crippen LogP contribution < -0.4 is 25.8 Å². The van der Waals surface area contributed by atoms with Gasteiger partial charge in [-0.1, -0.05) is 6.07 Å². The summed E-state index contributed by atoms with van der Waals surface area (Å²) < 4.78 is 23.6. The topological polar surface area (TPSA) is 94.3 Å². The van der Waals surface area contributed by atoms with Crippen molar-refractivity contribution in [2.24, 2.45) is 0 Å². The number of anilines is 4. The van der Waals surface area contributed by atoms with Gasteiger partial charge in [0.1, 0.15) is 17.8 Å². The average molecular weight is 383 g/mol. The summed E-state index contributed by atoms with van der Waals surface area (Å²) in [5.74, 6) is 2.05. The third-order valence-electron chi connectivity index (χ3n) is 4.14. The lowest BCUT2D eigenvalue weighted by Gasteiger charge is -2.13. The summed E-state index contributed by atoms with van der Waals surface area (Å²) in [5.41, 5.74) is 8.32. The van der Waals surface area contributed by atoms with Gasteiger partial charge in [-0.2, -0.15) is 0 Å². The molecule has 3 rings (SSSR count). The van der Waals surface area contributed by atoms with Gasteiger partial charge in [-0.15, -0.1) is 0 Å². The highest BCUT2D eigenvalue weighted by atomic mass is 19.1. The maximum absolute atomic E-state index is 13.0. The number of methoxy groups -OCH3 is 2. The van der Waals surface area contributed by atoms with Crippen LogP contribution in [0.3, 0.4) is 0 Å². The molecule has 0 aliphatic heterocycles. The molecule has 0 saturated carbocycles. The molecule has 4 N–H and O–H groups in total. The van der Waals surface area contributed by atoms with E-state index in [1.807, 2.05) is 18.2 Å². The number of rotatable bonds is 8. The first kappa shape index (κ1) is 19.2. The molecule has 1 aromatic heterocycles. The van der Waals surface area contributed by atoms with E-state index in [1.54, 1.807) is 26.4 Å². The lowest BCUT2D eigenvalue weighted by atomic mass is 10.1. The number of hydrogen-bond donors (Lipinski definition) is 3. The Morgan fingerprint density at radius 3 is 2.39 bits per heavy atom.